The summed E-state index contributed by atoms with van der Waals surface area (Å²) < 4.78 is 28.9. The van der Waals surface area contributed by atoms with Crippen LogP contribution in [0.25, 0.3) is 0 Å². The van der Waals surface area contributed by atoms with Crippen LogP contribution in [0.2, 0.25) is 15.1 Å². The molecule has 4 rings (SSSR count). The van der Waals surface area contributed by atoms with Crippen LogP contribution in [0.5, 0.6) is 0 Å². The summed E-state index contributed by atoms with van der Waals surface area (Å²) in [6.07, 6.45) is 0. The molecule has 0 saturated carbocycles. The van der Waals surface area contributed by atoms with Crippen molar-refractivity contribution in [1.29, 1.82) is 0 Å². The highest BCUT2D eigenvalue weighted by Gasteiger charge is 2.28. The molecule has 0 unspecified atom stereocenters. The first-order valence-electron chi connectivity index (χ1n) is 11.4. The van der Waals surface area contributed by atoms with Crippen molar-refractivity contribution in [1.82, 2.24) is 4.31 Å². The molecular weight excluding hydrogens is 647 g/mol. The molecule has 4 aromatic carbocycles. The van der Waals surface area contributed by atoms with E-state index in [1.807, 2.05) is 0 Å². The number of carbonyl (C=O) groups excluding carboxylic acids is 2. The minimum absolute atomic E-state index is 0.00463. The van der Waals surface area contributed by atoms with Crippen molar-refractivity contribution in [3.63, 3.8) is 0 Å². The Labute approximate surface area is 249 Å². The van der Waals surface area contributed by atoms with Crippen molar-refractivity contribution in [2.45, 2.75) is 11.4 Å². The van der Waals surface area contributed by atoms with Crippen molar-refractivity contribution in [2.75, 3.05) is 11.9 Å². The molecule has 0 aromatic heterocycles. The Morgan fingerprint density at radius 3 is 2.18 bits per heavy atom. The van der Waals surface area contributed by atoms with E-state index in [0.717, 1.165) is 4.31 Å². The highest BCUT2D eigenvalue weighted by Crippen LogP contribution is 2.27. The number of sulfonamides is 1. The Balaban J connectivity index is 1.64. The molecule has 1 N–H and O–H groups in total. The van der Waals surface area contributed by atoms with E-state index in [9.17, 15) is 18.0 Å². The third-order valence-electron chi connectivity index (χ3n) is 5.65. The maximum atomic E-state index is 13.6. The molecule has 200 valence electrons. The number of halogens is 4. The van der Waals surface area contributed by atoms with Gasteiger partial charge in [-0.25, -0.2) is 8.42 Å². The summed E-state index contributed by atoms with van der Waals surface area (Å²) in [6, 6.07) is 23.8. The maximum absolute atomic E-state index is 13.6. The van der Waals surface area contributed by atoms with E-state index in [-0.39, 0.29) is 33.5 Å². The van der Waals surface area contributed by atoms with Gasteiger partial charge in [-0.05, 0) is 60.2 Å². The van der Waals surface area contributed by atoms with Crippen LogP contribution >= 0.6 is 50.7 Å². The zero-order valence-corrected chi connectivity index (χ0v) is 24.7. The van der Waals surface area contributed by atoms with Gasteiger partial charge in [-0.1, -0.05) is 87.1 Å². The van der Waals surface area contributed by atoms with Crippen LogP contribution in [0.15, 0.2) is 100 Å². The van der Waals surface area contributed by atoms with Gasteiger partial charge in [-0.15, -0.1) is 0 Å². The van der Waals surface area contributed by atoms with Crippen molar-refractivity contribution in [2.24, 2.45) is 0 Å². The topological polar surface area (TPSA) is 83.6 Å². The summed E-state index contributed by atoms with van der Waals surface area (Å²) >= 11 is 21.6. The Morgan fingerprint density at radius 2 is 1.51 bits per heavy atom. The molecule has 0 aliphatic carbocycles. The number of amides is 1. The molecule has 6 nitrogen and oxygen atoms in total. The highest BCUT2D eigenvalue weighted by atomic mass is 79.9. The fraction of sp³-hybridized carbons (Fsp3) is 0.0714. The summed E-state index contributed by atoms with van der Waals surface area (Å²) in [5.74, 6) is -0.997. The zero-order chi connectivity index (χ0) is 28.2. The Kier molecular flexibility index (Phi) is 9.48. The first-order chi connectivity index (χ1) is 18.5. The van der Waals surface area contributed by atoms with Gasteiger partial charge in [0, 0.05) is 27.2 Å². The molecule has 0 spiro atoms. The average molecular weight is 667 g/mol. The number of hydrogen-bond donors (Lipinski definition) is 1. The smallest absolute Gasteiger partial charge is 0.243 e. The number of benzene rings is 4. The lowest BCUT2D eigenvalue weighted by Crippen LogP contribution is -2.37. The van der Waals surface area contributed by atoms with Gasteiger partial charge >= 0.3 is 0 Å². The van der Waals surface area contributed by atoms with E-state index in [0.29, 0.717) is 25.6 Å². The summed E-state index contributed by atoms with van der Waals surface area (Å²) in [5.41, 5.74) is 1.32. The third-order valence-corrected chi connectivity index (χ3v) is 8.96. The molecule has 0 fully saturated rings. The van der Waals surface area contributed by atoms with Crippen LogP contribution < -0.4 is 5.32 Å². The summed E-state index contributed by atoms with van der Waals surface area (Å²) in [4.78, 5) is 26.4. The second kappa shape index (κ2) is 12.6. The largest absolute Gasteiger partial charge is 0.324 e. The summed E-state index contributed by atoms with van der Waals surface area (Å²) in [7, 11) is -4.11. The molecular formula is C28H20BrCl3N2O4S. The van der Waals surface area contributed by atoms with E-state index in [4.69, 9.17) is 34.8 Å². The Morgan fingerprint density at radius 1 is 0.821 bits per heavy atom. The number of carbonyl (C=O) groups is 2. The molecule has 0 aliphatic heterocycles. The van der Waals surface area contributed by atoms with E-state index in [1.165, 1.54) is 30.3 Å². The SMILES string of the molecule is O=C(CN(Cc1ccc(Cl)c(Cl)c1)S(=O)(=O)c1ccc(Br)cc1)Nc1ccc(Cl)cc1C(=O)c1ccccc1. The normalized spacial score (nSPS) is 11.4. The van der Waals surface area contributed by atoms with Crippen molar-refractivity contribution in [3.05, 3.63) is 127 Å². The van der Waals surface area contributed by atoms with Crippen molar-refractivity contribution < 1.29 is 18.0 Å². The average Bonchev–Trinajstić information content (AvgIpc) is 2.91. The maximum Gasteiger partial charge on any atom is 0.243 e. The highest BCUT2D eigenvalue weighted by molar-refractivity contribution is 9.10. The van der Waals surface area contributed by atoms with E-state index < -0.39 is 22.5 Å². The van der Waals surface area contributed by atoms with Crippen LogP contribution in [-0.4, -0.2) is 31.0 Å². The van der Waals surface area contributed by atoms with Gasteiger partial charge in [0.25, 0.3) is 0 Å². The van der Waals surface area contributed by atoms with E-state index >= 15 is 0 Å². The lowest BCUT2D eigenvalue weighted by molar-refractivity contribution is -0.116. The minimum atomic E-state index is -4.11. The van der Waals surface area contributed by atoms with Gasteiger partial charge in [0.1, 0.15) is 0 Å². The van der Waals surface area contributed by atoms with Gasteiger partial charge in [0.2, 0.25) is 15.9 Å². The second-order valence-electron chi connectivity index (χ2n) is 8.41. The lowest BCUT2D eigenvalue weighted by atomic mass is 10.0. The molecule has 0 bridgehead atoms. The first-order valence-corrected chi connectivity index (χ1v) is 14.8. The fourth-order valence-corrected chi connectivity index (χ4v) is 5.87. The standard InChI is InChI=1S/C28H20BrCl3N2O4S/c29-20-7-10-22(11-8-20)39(37,38)34(16-18-6-12-24(31)25(32)14-18)17-27(35)33-26-13-9-21(30)15-23(26)28(36)19-4-2-1-3-5-19/h1-15H,16-17H2,(H,33,35). The molecule has 0 radical (unpaired) electrons. The number of hydrogen-bond acceptors (Lipinski definition) is 4. The monoisotopic (exact) mass is 664 g/mol. The molecule has 11 heteroatoms. The van der Waals surface area contributed by atoms with Crippen LogP contribution in [0, 0.1) is 0 Å². The van der Waals surface area contributed by atoms with Crippen LogP contribution in [0.4, 0.5) is 5.69 Å². The second-order valence-corrected chi connectivity index (χ2v) is 12.5. The van der Waals surface area contributed by atoms with E-state index in [1.54, 1.807) is 60.7 Å². The Bertz CT molecular complexity index is 1630. The van der Waals surface area contributed by atoms with Crippen molar-refractivity contribution >= 4 is 78.1 Å². The van der Waals surface area contributed by atoms with E-state index in [2.05, 4.69) is 21.2 Å². The molecule has 0 aliphatic rings. The summed E-state index contributed by atoms with van der Waals surface area (Å²) in [6.45, 7) is -0.695. The third kappa shape index (κ3) is 7.28. The van der Waals surface area contributed by atoms with Crippen LogP contribution in [0.3, 0.4) is 0 Å². The molecule has 0 atom stereocenters. The summed E-state index contributed by atoms with van der Waals surface area (Å²) in [5, 5.41) is 3.56. The van der Waals surface area contributed by atoms with Gasteiger partial charge in [-0.3, -0.25) is 9.59 Å². The van der Waals surface area contributed by atoms with Crippen LogP contribution in [-0.2, 0) is 21.4 Å². The first kappa shape index (κ1) is 29.3. The van der Waals surface area contributed by atoms with Gasteiger partial charge in [-0.2, -0.15) is 4.31 Å². The van der Waals surface area contributed by atoms with Gasteiger partial charge < -0.3 is 5.32 Å². The number of anilines is 1. The number of ketones is 1. The Hall–Kier alpha value is -2.72. The quantitative estimate of drug-likeness (QED) is 0.188. The predicted octanol–water partition coefficient (Wildman–Crippen LogP) is 7.47. The van der Waals surface area contributed by atoms with Crippen molar-refractivity contribution in [3.8, 4) is 0 Å². The lowest BCUT2D eigenvalue weighted by Gasteiger charge is -2.22. The fourth-order valence-electron chi connectivity index (χ4n) is 3.73. The molecule has 0 saturated heterocycles. The van der Waals surface area contributed by atoms with Gasteiger partial charge in [0.05, 0.1) is 27.2 Å². The minimum Gasteiger partial charge on any atom is -0.324 e. The number of rotatable bonds is 9. The number of nitrogens with zero attached hydrogens (tertiary/aromatic N) is 1. The zero-order valence-electron chi connectivity index (χ0n) is 20.1. The predicted molar refractivity (Wildman–Crippen MR) is 158 cm³/mol. The number of nitrogens with one attached hydrogen (secondary N) is 1. The molecule has 39 heavy (non-hydrogen) atoms. The molecule has 0 heterocycles. The molecule has 4 aromatic rings. The molecule has 1 amide bonds. The van der Waals surface area contributed by atoms with Crippen LogP contribution in [0.1, 0.15) is 21.5 Å². The van der Waals surface area contributed by atoms with Gasteiger partial charge in [0.15, 0.2) is 5.78 Å².